The van der Waals surface area contributed by atoms with Gasteiger partial charge in [-0.15, -0.1) is 0 Å². The van der Waals surface area contributed by atoms with Crippen LogP contribution in [0.15, 0.2) is 0 Å². The average molecular weight is 234 g/mol. The first-order valence-corrected chi connectivity index (χ1v) is 7.93. The molecule has 0 aliphatic heterocycles. The highest BCUT2D eigenvalue weighted by molar-refractivity contribution is 7.59. The molecule has 0 aromatic rings. The second-order valence-corrected chi connectivity index (χ2v) is 7.14. The lowest BCUT2D eigenvalue weighted by Crippen LogP contribution is -2.24. The predicted octanol–water partition coefficient (Wildman–Crippen LogP) is 3.22. The maximum absolute atomic E-state index is 12.3. The van der Waals surface area contributed by atoms with Crippen molar-refractivity contribution >= 4 is 7.37 Å². The lowest BCUT2D eigenvalue weighted by atomic mass is 9.90. The molecule has 2 atom stereocenters. The van der Waals surface area contributed by atoms with Gasteiger partial charge < -0.3 is 9.63 Å². The smallest absolute Gasteiger partial charge is 0.230 e. The Morgan fingerprint density at radius 2 is 1.93 bits per heavy atom. The highest BCUT2D eigenvalue weighted by Gasteiger charge is 2.36. The van der Waals surface area contributed by atoms with E-state index < -0.39 is 13.2 Å². The zero-order valence-electron chi connectivity index (χ0n) is 9.82. The third-order valence-electron chi connectivity index (χ3n) is 3.26. The normalized spacial score (nSPS) is 24.7. The zero-order chi connectivity index (χ0) is 11.3. The molecule has 0 radical (unpaired) electrons. The third kappa shape index (κ3) is 3.30. The van der Waals surface area contributed by atoms with Gasteiger partial charge in [0, 0.05) is 6.16 Å². The molecule has 0 aromatic heterocycles. The Kier molecular flexibility index (Phi) is 5.31. The van der Waals surface area contributed by atoms with Crippen molar-refractivity contribution in [2.24, 2.45) is 5.92 Å². The van der Waals surface area contributed by atoms with Crippen molar-refractivity contribution in [1.29, 1.82) is 0 Å². The van der Waals surface area contributed by atoms with Gasteiger partial charge in [0.2, 0.25) is 7.37 Å². The summed E-state index contributed by atoms with van der Waals surface area (Å²) in [5, 5.41) is 10.1. The van der Waals surface area contributed by atoms with Gasteiger partial charge in [0.1, 0.15) is 5.85 Å². The number of aliphatic hydroxyl groups excluding tert-OH is 1. The topological polar surface area (TPSA) is 46.5 Å². The standard InChI is InChI=1S/C11H23O3P/c1-3-14-15(13,4-2)11(12)10-8-6-5-7-9-10/h10-12H,3-9H2,1-2H3. The largest absolute Gasteiger partial charge is 0.383 e. The van der Waals surface area contributed by atoms with Crippen LogP contribution in [0, 0.1) is 5.92 Å². The van der Waals surface area contributed by atoms with Crippen LogP contribution in [0.5, 0.6) is 0 Å². The summed E-state index contributed by atoms with van der Waals surface area (Å²) in [5.41, 5.74) is 0. The Bertz CT molecular complexity index is 224. The molecule has 0 saturated heterocycles. The minimum atomic E-state index is -2.80. The van der Waals surface area contributed by atoms with Crippen LogP contribution in [0.25, 0.3) is 0 Å². The van der Waals surface area contributed by atoms with Gasteiger partial charge >= 0.3 is 0 Å². The average Bonchev–Trinajstić information content (AvgIpc) is 2.29. The first-order chi connectivity index (χ1) is 7.14. The van der Waals surface area contributed by atoms with Crippen LogP contribution < -0.4 is 0 Å². The van der Waals surface area contributed by atoms with E-state index in [1.807, 2.05) is 13.8 Å². The van der Waals surface area contributed by atoms with Gasteiger partial charge in [-0.25, -0.2) is 0 Å². The Balaban J connectivity index is 2.62. The van der Waals surface area contributed by atoms with Gasteiger partial charge in [-0.3, -0.25) is 4.57 Å². The molecule has 0 bridgehead atoms. The second-order valence-electron chi connectivity index (χ2n) is 4.27. The molecule has 2 unspecified atom stereocenters. The Morgan fingerprint density at radius 3 is 2.40 bits per heavy atom. The summed E-state index contributed by atoms with van der Waals surface area (Å²) in [5.74, 6) is -0.543. The van der Waals surface area contributed by atoms with E-state index in [4.69, 9.17) is 4.52 Å². The number of hydrogen-bond acceptors (Lipinski definition) is 3. The fourth-order valence-electron chi connectivity index (χ4n) is 2.33. The van der Waals surface area contributed by atoms with Crippen molar-refractivity contribution in [3.05, 3.63) is 0 Å². The molecular formula is C11H23O3P. The molecule has 4 heteroatoms. The van der Waals surface area contributed by atoms with E-state index in [0.717, 1.165) is 25.7 Å². The molecule has 1 fully saturated rings. The summed E-state index contributed by atoms with van der Waals surface area (Å²) >= 11 is 0. The lowest BCUT2D eigenvalue weighted by molar-refractivity contribution is 0.129. The van der Waals surface area contributed by atoms with Crippen molar-refractivity contribution < 1.29 is 14.2 Å². The molecule has 0 spiro atoms. The highest BCUT2D eigenvalue weighted by Crippen LogP contribution is 2.54. The molecular weight excluding hydrogens is 211 g/mol. The SMILES string of the molecule is CCOP(=O)(CC)C(O)C1CCCCC1. The zero-order valence-corrected chi connectivity index (χ0v) is 10.7. The van der Waals surface area contributed by atoms with Crippen molar-refractivity contribution in [3.8, 4) is 0 Å². The lowest BCUT2D eigenvalue weighted by Gasteiger charge is -2.31. The Labute approximate surface area is 92.7 Å². The number of rotatable bonds is 5. The number of hydrogen-bond donors (Lipinski definition) is 1. The van der Waals surface area contributed by atoms with Crippen LogP contribution in [-0.4, -0.2) is 23.7 Å². The third-order valence-corrected chi connectivity index (χ3v) is 6.07. The minimum Gasteiger partial charge on any atom is -0.383 e. The molecule has 0 aromatic carbocycles. The fourth-order valence-corrected chi connectivity index (χ4v) is 4.41. The van der Waals surface area contributed by atoms with Gasteiger partial charge in [0.15, 0.2) is 0 Å². The molecule has 0 amide bonds. The molecule has 90 valence electrons. The van der Waals surface area contributed by atoms with E-state index in [0.29, 0.717) is 12.8 Å². The highest BCUT2D eigenvalue weighted by atomic mass is 31.2. The Morgan fingerprint density at radius 1 is 1.33 bits per heavy atom. The molecule has 1 aliphatic carbocycles. The summed E-state index contributed by atoms with van der Waals surface area (Å²) in [7, 11) is -2.80. The van der Waals surface area contributed by atoms with Crippen molar-refractivity contribution in [2.75, 3.05) is 12.8 Å². The molecule has 1 N–H and O–H groups in total. The monoisotopic (exact) mass is 234 g/mol. The van der Waals surface area contributed by atoms with Crippen LogP contribution in [0.4, 0.5) is 0 Å². The van der Waals surface area contributed by atoms with Crippen molar-refractivity contribution in [2.45, 2.75) is 51.8 Å². The first-order valence-electron chi connectivity index (χ1n) is 6.05. The van der Waals surface area contributed by atoms with Crippen LogP contribution in [0.2, 0.25) is 0 Å². The van der Waals surface area contributed by atoms with E-state index in [1.54, 1.807) is 0 Å². The van der Waals surface area contributed by atoms with Gasteiger partial charge in [-0.2, -0.15) is 0 Å². The Hall–Kier alpha value is 0.150. The van der Waals surface area contributed by atoms with Gasteiger partial charge in [-0.1, -0.05) is 26.2 Å². The van der Waals surface area contributed by atoms with Gasteiger partial charge in [-0.05, 0) is 25.7 Å². The molecule has 3 nitrogen and oxygen atoms in total. The van der Waals surface area contributed by atoms with E-state index in [1.165, 1.54) is 6.42 Å². The molecule has 1 rings (SSSR count). The van der Waals surface area contributed by atoms with Gasteiger partial charge in [0.05, 0.1) is 6.61 Å². The van der Waals surface area contributed by atoms with Crippen molar-refractivity contribution in [3.63, 3.8) is 0 Å². The molecule has 1 aliphatic rings. The fraction of sp³-hybridized carbons (Fsp3) is 1.00. The van der Waals surface area contributed by atoms with E-state index in [9.17, 15) is 9.67 Å². The van der Waals surface area contributed by atoms with Crippen LogP contribution in [-0.2, 0) is 9.09 Å². The van der Waals surface area contributed by atoms with Gasteiger partial charge in [0.25, 0.3) is 0 Å². The quantitative estimate of drug-likeness (QED) is 0.743. The van der Waals surface area contributed by atoms with Crippen LogP contribution in [0.1, 0.15) is 46.0 Å². The summed E-state index contributed by atoms with van der Waals surface area (Å²) in [6.45, 7) is 4.09. The van der Waals surface area contributed by atoms with E-state index in [-0.39, 0.29) is 5.92 Å². The maximum Gasteiger partial charge on any atom is 0.230 e. The number of aliphatic hydroxyl groups is 1. The molecule has 1 saturated carbocycles. The first kappa shape index (κ1) is 13.2. The summed E-state index contributed by atoms with van der Waals surface area (Å²) in [6, 6.07) is 0. The van der Waals surface area contributed by atoms with Crippen molar-refractivity contribution in [1.82, 2.24) is 0 Å². The predicted molar refractivity (Wildman–Crippen MR) is 62.4 cm³/mol. The molecule has 15 heavy (non-hydrogen) atoms. The summed E-state index contributed by atoms with van der Waals surface area (Å²) < 4.78 is 17.6. The van der Waals surface area contributed by atoms with Crippen LogP contribution >= 0.6 is 7.37 Å². The second kappa shape index (κ2) is 6.03. The van der Waals surface area contributed by atoms with Crippen LogP contribution in [0.3, 0.4) is 0 Å². The van der Waals surface area contributed by atoms with E-state index >= 15 is 0 Å². The maximum atomic E-state index is 12.3. The summed E-state index contributed by atoms with van der Waals surface area (Å²) in [4.78, 5) is 0. The molecule has 0 heterocycles. The summed E-state index contributed by atoms with van der Waals surface area (Å²) in [6.07, 6.45) is 5.98. The van der Waals surface area contributed by atoms with E-state index in [2.05, 4.69) is 0 Å². The minimum absolute atomic E-state index is 0.191.